The molecule has 2 aromatic heterocycles. The molecule has 31 heavy (non-hydrogen) atoms. The summed E-state index contributed by atoms with van der Waals surface area (Å²) in [6, 6.07) is 6.68. The number of hydrogen-bond acceptors (Lipinski definition) is 5. The number of imidazole rings is 1. The average Bonchev–Trinajstić information content (AvgIpc) is 3.08. The molecule has 0 spiro atoms. The van der Waals surface area contributed by atoms with Crippen LogP contribution in [-0.2, 0) is 11.0 Å². The lowest BCUT2D eigenvalue weighted by molar-refractivity contribution is -0.137. The molecule has 1 aromatic carbocycles. The van der Waals surface area contributed by atoms with Crippen molar-refractivity contribution in [1.82, 2.24) is 14.6 Å². The van der Waals surface area contributed by atoms with Gasteiger partial charge in [-0.05, 0) is 25.1 Å². The maximum Gasteiger partial charge on any atom is 0.418 e. The third-order valence-corrected chi connectivity index (χ3v) is 4.32. The number of ether oxygens (including phenoxy) is 1. The van der Waals surface area contributed by atoms with Crippen LogP contribution in [0.15, 0.2) is 36.5 Å². The number of aliphatic hydroxyl groups excluding tert-OH is 1. The summed E-state index contributed by atoms with van der Waals surface area (Å²) in [6.45, 7) is 6.49. The lowest BCUT2D eigenvalue weighted by Crippen LogP contribution is -2.28. The number of aliphatic hydroxyl groups is 1. The second-order valence-electron chi connectivity index (χ2n) is 8.22. The van der Waals surface area contributed by atoms with Crippen LogP contribution in [0, 0.1) is 5.41 Å². The molecule has 2 N–H and O–H groups in total. The van der Waals surface area contributed by atoms with Gasteiger partial charge in [0, 0.05) is 17.0 Å². The molecular formula is C21H23F3N4O3. The van der Waals surface area contributed by atoms with E-state index in [1.807, 2.05) is 0 Å². The highest BCUT2D eigenvalue weighted by atomic mass is 19.4. The van der Waals surface area contributed by atoms with Gasteiger partial charge in [0.1, 0.15) is 6.61 Å². The zero-order chi connectivity index (χ0) is 23.0. The number of aromatic nitrogens is 3. The number of nitrogens with one attached hydrogen (secondary N) is 1. The number of benzene rings is 1. The van der Waals surface area contributed by atoms with E-state index in [1.54, 1.807) is 46.0 Å². The van der Waals surface area contributed by atoms with E-state index in [2.05, 4.69) is 15.4 Å². The summed E-state index contributed by atoms with van der Waals surface area (Å²) in [4.78, 5) is 16.7. The first-order valence-electron chi connectivity index (χ1n) is 9.55. The minimum atomic E-state index is -4.63. The molecule has 3 aromatic rings. The summed E-state index contributed by atoms with van der Waals surface area (Å²) in [6.07, 6.45) is -3.75. The topological polar surface area (TPSA) is 88.8 Å². The van der Waals surface area contributed by atoms with Crippen LogP contribution in [0.25, 0.3) is 16.9 Å². The third-order valence-electron chi connectivity index (χ3n) is 4.32. The number of hydrogen-bond donors (Lipinski definition) is 2. The fourth-order valence-corrected chi connectivity index (χ4v) is 2.65. The number of rotatable bonds is 5. The lowest BCUT2D eigenvalue weighted by atomic mass is 9.95. The Kier molecular flexibility index (Phi) is 5.95. The van der Waals surface area contributed by atoms with Gasteiger partial charge in [0.05, 0.1) is 29.2 Å². The van der Waals surface area contributed by atoms with Crippen molar-refractivity contribution in [3.05, 3.63) is 42.1 Å². The number of anilines is 1. The molecule has 0 aliphatic carbocycles. The SMILES string of the molecule is CC(O)COc1ccc2nc(-c3ccc(C(F)(F)F)c(NC(=O)C(C)(C)C)c3)cn2n1. The lowest BCUT2D eigenvalue weighted by Gasteiger charge is -2.20. The molecule has 1 amide bonds. The highest BCUT2D eigenvalue weighted by Crippen LogP contribution is 2.37. The van der Waals surface area contributed by atoms with Gasteiger partial charge in [-0.15, -0.1) is 5.10 Å². The van der Waals surface area contributed by atoms with Crippen LogP contribution in [0.3, 0.4) is 0 Å². The van der Waals surface area contributed by atoms with E-state index in [0.29, 0.717) is 16.9 Å². The number of carbonyl (C=O) groups excluding carboxylic acids is 1. The van der Waals surface area contributed by atoms with Crippen LogP contribution in [0.1, 0.15) is 33.3 Å². The van der Waals surface area contributed by atoms with Gasteiger partial charge in [0.25, 0.3) is 0 Å². The van der Waals surface area contributed by atoms with Gasteiger partial charge in [0.15, 0.2) is 5.65 Å². The molecule has 0 saturated heterocycles. The molecule has 1 unspecified atom stereocenters. The van der Waals surface area contributed by atoms with Gasteiger partial charge in [-0.1, -0.05) is 26.8 Å². The van der Waals surface area contributed by atoms with E-state index in [9.17, 15) is 23.1 Å². The second kappa shape index (κ2) is 8.18. The van der Waals surface area contributed by atoms with Crippen molar-refractivity contribution < 1.29 is 27.8 Å². The van der Waals surface area contributed by atoms with E-state index in [1.165, 1.54) is 16.6 Å². The smallest absolute Gasteiger partial charge is 0.418 e. The summed E-state index contributed by atoms with van der Waals surface area (Å²) in [5, 5.41) is 15.9. The van der Waals surface area contributed by atoms with Crippen molar-refractivity contribution in [2.24, 2.45) is 5.41 Å². The summed E-state index contributed by atoms with van der Waals surface area (Å²) >= 11 is 0. The molecule has 1 atom stereocenters. The molecule has 0 aliphatic rings. The number of alkyl halides is 3. The summed E-state index contributed by atoms with van der Waals surface area (Å²) in [5.74, 6) is -0.269. The van der Waals surface area contributed by atoms with Crippen molar-refractivity contribution in [2.75, 3.05) is 11.9 Å². The Morgan fingerprint density at radius 3 is 2.55 bits per heavy atom. The van der Waals surface area contributed by atoms with E-state index in [-0.39, 0.29) is 18.2 Å². The van der Waals surface area contributed by atoms with Crippen LogP contribution in [0.2, 0.25) is 0 Å². The second-order valence-corrected chi connectivity index (χ2v) is 8.22. The third kappa shape index (κ3) is 5.32. The Morgan fingerprint density at radius 2 is 1.94 bits per heavy atom. The molecule has 0 fully saturated rings. The zero-order valence-corrected chi connectivity index (χ0v) is 17.5. The van der Waals surface area contributed by atoms with Gasteiger partial charge in [0.2, 0.25) is 11.8 Å². The van der Waals surface area contributed by atoms with Gasteiger partial charge >= 0.3 is 6.18 Å². The summed E-state index contributed by atoms with van der Waals surface area (Å²) in [5.41, 5.74) is -0.928. The maximum absolute atomic E-state index is 13.5. The van der Waals surface area contributed by atoms with Crippen LogP contribution in [0.4, 0.5) is 18.9 Å². The van der Waals surface area contributed by atoms with Crippen molar-refractivity contribution >= 4 is 17.2 Å². The Labute approximate surface area is 176 Å². The number of amides is 1. The Bertz CT molecular complexity index is 1100. The quantitative estimate of drug-likeness (QED) is 0.627. The molecule has 0 bridgehead atoms. The van der Waals surface area contributed by atoms with Crippen molar-refractivity contribution in [2.45, 2.75) is 40.0 Å². The fourth-order valence-electron chi connectivity index (χ4n) is 2.65. The minimum Gasteiger partial charge on any atom is -0.474 e. The van der Waals surface area contributed by atoms with Crippen molar-refractivity contribution in [1.29, 1.82) is 0 Å². The predicted octanol–water partition coefficient (Wildman–Crippen LogP) is 4.16. The fraction of sp³-hybridized carbons (Fsp3) is 0.381. The zero-order valence-electron chi connectivity index (χ0n) is 17.5. The normalized spacial score (nSPS) is 13.3. The molecule has 0 saturated carbocycles. The first-order valence-corrected chi connectivity index (χ1v) is 9.55. The molecule has 7 nitrogen and oxygen atoms in total. The molecule has 0 aliphatic heterocycles. The molecule has 2 heterocycles. The van der Waals surface area contributed by atoms with E-state index < -0.39 is 29.2 Å². The highest BCUT2D eigenvalue weighted by Gasteiger charge is 2.35. The summed E-state index contributed by atoms with van der Waals surface area (Å²) < 4.78 is 47.2. The Morgan fingerprint density at radius 1 is 1.23 bits per heavy atom. The molecule has 0 radical (unpaired) electrons. The Balaban J connectivity index is 1.99. The number of nitrogens with zero attached hydrogens (tertiary/aromatic N) is 3. The first kappa shape index (κ1) is 22.5. The number of fused-ring (bicyclic) bond motifs is 1. The molecule has 166 valence electrons. The number of halogens is 3. The minimum absolute atomic E-state index is 0.0653. The largest absolute Gasteiger partial charge is 0.474 e. The summed E-state index contributed by atoms with van der Waals surface area (Å²) in [7, 11) is 0. The monoisotopic (exact) mass is 436 g/mol. The average molecular weight is 436 g/mol. The van der Waals surface area contributed by atoms with Crippen LogP contribution < -0.4 is 10.1 Å². The van der Waals surface area contributed by atoms with Crippen molar-refractivity contribution in [3.63, 3.8) is 0 Å². The standard InChI is InChI=1S/C21H23F3N4O3/c1-12(29)11-31-18-8-7-17-25-16(10-28(17)27-18)13-5-6-14(21(22,23)24)15(9-13)26-19(30)20(2,3)4/h5-10,12,29H,11H2,1-4H3,(H,26,30). The van der Waals surface area contributed by atoms with E-state index in [4.69, 9.17) is 4.74 Å². The van der Waals surface area contributed by atoms with Gasteiger partial charge in [-0.3, -0.25) is 4.79 Å². The molecular weight excluding hydrogens is 413 g/mol. The predicted molar refractivity (Wildman–Crippen MR) is 109 cm³/mol. The molecule has 10 heteroatoms. The van der Waals surface area contributed by atoms with Gasteiger partial charge in [-0.2, -0.15) is 13.2 Å². The van der Waals surface area contributed by atoms with E-state index in [0.717, 1.165) is 6.07 Å². The highest BCUT2D eigenvalue weighted by molar-refractivity contribution is 5.96. The van der Waals surface area contributed by atoms with Gasteiger partial charge < -0.3 is 15.2 Å². The maximum atomic E-state index is 13.5. The van der Waals surface area contributed by atoms with Crippen LogP contribution >= 0.6 is 0 Å². The van der Waals surface area contributed by atoms with Crippen LogP contribution in [-0.4, -0.2) is 38.3 Å². The first-order chi connectivity index (χ1) is 14.3. The van der Waals surface area contributed by atoms with Gasteiger partial charge in [-0.25, -0.2) is 9.50 Å². The van der Waals surface area contributed by atoms with Crippen molar-refractivity contribution in [3.8, 4) is 17.1 Å². The Hall–Kier alpha value is -3.14. The van der Waals surface area contributed by atoms with E-state index >= 15 is 0 Å². The van der Waals surface area contributed by atoms with Crippen LogP contribution in [0.5, 0.6) is 5.88 Å². The molecule has 3 rings (SSSR count). The number of carbonyl (C=O) groups is 1.